The Morgan fingerprint density at radius 3 is 2.53 bits per heavy atom. The van der Waals surface area contributed by atoms with Gasteiger partial charge in [-0.2, -0.15) is 5.10 Å². The first kappa shape index (κ1) is 23.3. The molecule has 7 nitrogen and oxygen atoms in total. The monoisotopic (exact) mass is 471 g/mol. The van der Waals surface area contributed by atoms with Crippen molar-refractivity contribution >= 4 is 23.4 Å². The molecule has 0 saturated carbocycles. The first-order valence-electron chi connectivity index (χ1n) is 10.7. The van der Waals surface area contributed by atoms with Gasteiger partial charge in [0.15, 0.2) is 11.0 Å². The molecule has 0 atom stereocenters. The summed E-state index contributed by atoms with van der Waals surface area (Å²) in [4.78, 5) is 12.5. The highest BCUT2D eigenvalue weighted by Crippen LogP contribution is 2.28. The van der Waals surface area contributed by atoms with Crippen LogP contribution in [0.1, 0.15) is 18.1 Å². The summed E-state index contributed by atoms with van der Waals surface area (Å²) in [6.07, 6.45) is 0. The zero-order valence-electron chi connectivity index (χ0n) is 19.2. The van der Waals surface area contributed by atoms with E-state index in [4.69, 9.17) is 4.74 Å². The zero-order valence-corrected chi connectivity index (χ0v) is 20.0. The van der Waals surface area contributed by atoms with E-state index in [0.717, 1.165) is 28.4 Å². The van der Waals surface area contributed by atoms with Gasteiger partial charge >= 0.3 is 0 Å². The predicted molar refractivity (Wildman–Crippen MR) is 136 cm³/mol. The Morgan fingerprint density at radius 2 is 1.79 bits per heavy atom. The van der Waals surface area contributed by atoms with Gasteiger partial charge in [-0.15, -0.1) is 10.2 Å². The molecular weight excluding hydrogens is 446 g/mol. The van der Waals surface area contributed by atoms with Gasteiger partial charge in [-0.1, -0.05) is 71.9 Å². The number of rotatable bonds is 8. The van der Waals surface area contributed by atoms with Crippen molar-refractivity contribution in [3.8, 4) is 22.8 Å². The van der Waals surface area contributed by atoms with Crippen molar-refractivity contribution in [2.75, 3.05) is 12.9 Å². The van der Waals surface area contributed by atoms with E-state index in [1.54, 1.807) is 7.11 Å². The Labute approximate surface area is 202 Å². The molecule has 0 bridgehead atoms. The molecule has 0 spiro atoms. The second-order valence-corrected chi connectivity index (χ2v) is 8.54. The third-order valence-electron chi connectivity index (χ3n) is 5.13. The molecule has 1 N–H and O–H groups in total. The summed E-state index contributed by atoms with van der Waals surface area (Å²) in [7, 11) is 1.61. The highest BCUT2D eigenvalue weighted by Gasteiger charge is 2.17. The molecule has 8 heteroatoms. The van der Waals surface area contributed by atoms with E-state index < -0.39 is 0 Å². The highest BCUT2D eigenvalue weighted by molar-refractivity contribution is 7.99. The first-order valence-corrected chi connectivity index (χ1v) is 11.7. The molecule has 0 unspecified atom stereocenters. The Bertz CT molecular complexity index is 1300. The van der Waals surface area contributed by atoms with Crippen LogP contribution in [-0.4, -0.2) is 39.2 Å². The van der Waals surface area contributed by atoms with Crippen LogP contribution in [0.4, 0.5) is 0 Å². The van der Waals surface area contributed by atoms with E-state index in [1.165, 1.54) is 17.3 Å². The van der Waals surface area contributed by atoms with Crippen molar-refractivity contribution < 1.29 is 9.53 Å². The number of thioether (sulfide) groups is 1. The van der Waals surface area contributed by atoms with Crippen molar-refractivity contribution in [3.63, 3.8) is 0 Å². The summed E-state index contributed by atoms with van der Waals surface area (Å²) < 4.78 is 7.21. The maximum Gasteiger partial charge on any atom is 0.250 e. The van der Waals surface area contributed by atoms with Gasteiger partial charge in [0.1, 0.15) is 5.75 Å². The predicted octanol–water partition coefficient (Wildman–Crippen LogP) is 4.88. The number of nitrogens with zero attached hydrogens (tertiary/aromatic N) is 4. The second-order valence-electron chi connectivity index (χ2n) is 7.60. The highest BCUT2D eigenvalue weighted by atomic mass is 32.2. The van der Waals surface area contributed by atoms with E-state index in [-0.39, 0.29) is 11.7 Å². The topological polar surface area (TPSA) is 81.4 Å². The number of methoxy groups -OCH3 is 1. The Kier molecular flexibility index (Phi) is 7.39. The molecule has 172 valence electrons. The van der Waals surface area contributed by atoms with Gasteiger partial charge < -0.3 is 4.74 Å². The summed E-state index contributed by atoms with van der Waals surface area (Å²) in [5.74, 6) is 1.37. The van der Waals surface area contributed by atoms with Crippen molar-refractivity contribution in [2.45, 2.75) is 19.0 Å². The minimum atomic E-state index is -0.230. The summed E-state index contributed by atoms with van der Waals surface area (Å²) in [5.41, 5.74) is 7.24. The molecule has 0 aliphatic rings. The largest absolute Gasteiger partial charge is 0.497 e. The molecule has 1 amide bonds. The smallest absolute Gasteiger partial charge is 0.250 e. The molecule has 0 aliphatic carbocycles. The van der Waals surface area contributed by atoms with Crippen LogP contribution in [0.25, 0.3) is 17.1 Å². The number of ether oxygens (including phenoxy) is 1. The van der Waals surface area contributed by atoms with Gasteiger partial charge in [0.05, 0.1) is 18.6 Å². The van der Waals surface area contributed by atoms with Gasteiger partial charge in [0, 0.05) is 16.8 Å². The quantitative estimate of drug-likeness (QED) is 0.225. The molecule has 0 fully saturated rings. The summed E-state index contributed by atoms with van der Waals surface area (Å²) in [6, 6.07) is 25.5. The number of para-hydroxylation sites is 1. The standard InChI is InChI=1S/C26H25N5O2S/c1-18-12-14-20(15-13-18)25-29-30-26(31(25)22-9-5-4-6-10-22)34-17-24(32)28-27-19(2)21-8-7-11-23(16-21)33-3/h4-16H,17H2,1-3H3,(H,28,32). The fourth-order valence-corrected chi connectivity index (χ4v) is 4.03. The van der Waals surface area contributed by atoms with E-state index in [1.807, 2.05) is 97.3 Å². The number of hydrazone groups is 1. The minimum Gasteiger partial charge on any atom is -0.497 e. The van der Waals surface area contributed by atoms with Crippen molar-refractivity contribution in [3.05, 3.63) is 90.0 Å². The third kappa shape index (κ3) is 5.52. The van der Waals surface area contributed by atoms with E-state index >= 15 is 0 Å². The van der Waals surface area contributed by atoms with Crippen LogP contribution in [0.3, 0.4) is 0 Å². The third-order valence-corrected chi connectivity index (χ3v) is 6.05. The number of carbonyl (C=O) groups excluding carboxylic acids is 1. The first-order chi connectivity index (χ1) is 16.5. The lowest BCUT2D eigenvalue weighted by Crippen LogP contribution is -2.21. The lowest BCUT2D eigenvalue weighted by molar-refractivity contribution is -0.118. The summed E-state index contributed by atoms with van der Waals surface area (Å²) >= 11 is 1.31. The number of aryl methyl sites for hydroxylation is 1. The zero-order chi connectivity index (χ0) is 23.9. The van der Waals surface area contributed by atoms with Gasteiger partial charge in [0.2, 0.25) is 0 Å². The number of amides is 1. The average Bonchev–Trinajstić information content (AvgIpc) is 3.31. The number of carbonyl (C=O) groups is 1. The molecular formula is C26H25N5O2S. The Morgan fingerprint density at radius 1 is 1.03 bits per heavy atom. The van der Waals surface area contributed by atoms with Crippen LogP contribution in [0.15, 0.2) is 89.1 Å². The minimum absolute atomic E-state index is 0.147. The van der Waals surface area contributed by atoms with Crippen molar-refractivity contribution in [2.24, 2.45) is 5.10 Å². The molecule has 4 rings (SSSR count). The SMILES string of the molecule is COc1cccc(C(C)=NNC(=O)CSc2nnc(-c3ccc(C)cc3)n2-c2ccccc2)c1. The number of hydrogen-bond acceptors (Lipinski definition) is 6. The second kappa shape index (κ2) is 10.8. The van der Waals surface area contributed by atoms with Crippen LogP contribution >= 0.6 is 11.8 Å². The molecule has 34 heavy (non-hydrogen) atoms. The molecule has 0 aliphatic heterocycles. The van der Waals surface area contributed by atoms with E-state index in [0.29, 0.717) is 10.9 Å². The average molecular weight is 472 g/mol. The number of aromatic nitrogens is 3. The molecule has 1 aromatic heterocycles. The molecule has 0 radical (unpaired) electrons. The van der Waals surface area contributed by atoms with Crippen LogP contribution in [0.5, 0.6) is 5.75 Å². The summed E-state index contributed by atoms with van der Waals surface area (Å²) in [5, 5.41) is 13.7. The van der Waals surface area contributed by atoms with Crippen molar-refractivity contribution in [1.29, 1.82) is 0 Å². The van der Waals surface area contributed by atoms with E-state index in [9.17, 15) is 4.79 Å². The van der Waals surface area contributed by atoms with Crippen molar-refractivity contribution in [1.82, 2.24) is 20.2 Å². The lowest BCUT2D eigenvalue weighted by atomic mass is 10.1. The van der Waals surface area contributed by atoms with Crippen LogP contribution in [0.2, 0.25) is 0 Å². The molecule has 0 saturated heterocycles. The lowest BCUT2D eigenvalue weighted by Gasteiger charge is -2.10. The van der Waals surface area contributed by atoms with Gasteiger partial charge in [-0.3, -0.25) is 9.36 Å². The normalized spacial score (nSPS) is 11.3. The maximum absolute atomic E-state index is 12.5. The van der Waals surface area contributed by atoms with Crippen LogP contribution in [-0.2, 0) is 4.79 Å². The van der Waals surface area contributed by atoms with Crippen LogP contribution < -0.4 is 10.2 Å². The van der Waals surface area contributed by atoms with Gasteiger partial charge in [0.25, 0.3) is 5.91 Å². The maximum atomic E-state index is 12.5. The van der Waals surface area contributed by atoms with Crippen LogP contribution in [0, 0.1) is 6.92 Å². The van der Waals surface area contributed by atoms with E-state index in [2.05, 4.69) is 20.7 Å². The molecule has 4 aromatic rings. The Balaban J connectivity index is 1.50. The number of hydrogen-bond donors (Lipinski definition) is 1. The van der Waals surface area contributed by atoms with Gasteiger partial charge in [-0.05, 0) is 38.1 Å². The molecule has 1 heterocycles. The Hall–Kier alpha value is -3.91. The summed E-state index contributed by atoms with van der Waals surface area (Å²) in [6.45, 7) is 3.88. The fraction of sp³-hybridized carbons (Fsp3) is 0.154. The number of benzene rings is 3. The molecule has 3 aromatic carbocycles. The fourth-order valence-electron chi connectivity index (χ4n) is 3.28. The number of nitrogens with one attached hydrogen (secondary N) is 1. The van der Waals surface area contributed by atoms with Gasteiger partial charge in [-0.25, -0.2) is 5.43 Å².